The van der Waals surface area contributed by atoms with Crippen molar-refractivity contribution in [2.75, 3.05) is 6.54 Å². The average Bonchev–Trinajstić information content (AvgIpc) is 2.78. The number of nitrogens with one attached hydrogen (secondary N) is 1. The molecule has 3 aromatic carbocycles. The predicted molar refractivity (Wildman–Crippen MR) is 126 cm³/mol. The van der Waals surface area contributed by atoms with Gasteiger partial charge in [0.2, 0.25) is 0 Å². The zero-order chi connectivity index (χ0) is 25.6. The number of benzene rings is 3. The molecule has 8 heteroatoms. The van der Waals surface area contributed by atoms with Crippen LogP contribution in [-0.2, 0) is 23.8 Å². The van der Waals surface area contributed by atoms with Crippen molar-refractivity contribution in [2.24, 2.45) is 0 Å². The highest BCUT2D eigenvalue weighted by Gasteiger charge is 2.31. The molecule has 0 atom stereocenters. The van der Waals surface area contributed by atoms with Gasteiger partial charge in [-0.2, -0.15) is 13.2 Å². The SMILES string of the molecule is Cc1cc(Oc2cccc(CCNC(=O)c3ccc(C(F)(F)F)cc3C)c2)ccc1CCC(=O)O. The summed E-state index contributed by atoms with van der Waals surface area (Å²) in [4.78, 5) is 23.2. The summed E-state index contributed by atoms with van der Waals surface area (Å²) >= 11 is 0. The fourth-order valence-electron chi connectivity index (χ4n) is 3.66. The number of carbonyl (C=O) groups excluding carboxylic acids is 1. The smallest absolute Gasteiger partial charge is 0.416 e. The van der Waals surface area contributed by atoms with E-state index in [2.05, 4.69) is 5.32 Å². The van der Waals surface area contributed by atoms with Crippen LogP contribution < -0.4 is 10.1 Å². The Morgan fingerprint density at radius 1 is 0.914 bits per heavy atom. The van der Waals surface area contributed by atoms with Crippen molar-refractivity contribution in [2.45, 2.75) is 39.3 Å². The molecule has 184 valence electrons. The van der Waals surface area contributed by atoms with E-state index in [1.165, 1.54) is 13.0 Å². The summed E-state index contributed by atoms with van der Waals surface area (Å²) in [5.74, 6) is -0.0239. The predicted octanol–water partition coefficient (Wildman–Crippen LogP) is 6.10. The van der Waals surface area contributed by atoms with Gasteiger partial charge in [-0.15, -0.1) is 0 Å². The van der Waals surface area contributed by atoms with E-state index in [0.717, 1.165) is 28.8 Å². The Kier molecular flexibility index (Phi) is 8.17. The zero-order valence-corrected chi connectivity index (χ0v) is 19.4. The first kappa shape index (κ1) is 25.8. The molecule has 0 bridgehead atoms. The maximum atomic E-state index is 12.8. The fraction of sp³-hybridized carbons (Fsp3) is 0.259. The van der Waals surface area contributed by atoms with Gasteiger partial charge in [0.25, 0.3) is 5.91 Å². The number of rotatable bonds is 9. The van der Waals surface area contributed by atoms with Crippen molar-refractivity contribution in [3.8, 4) is 11.5 Å². The molecule has 0 radical (unpaired) electrons. The van der Waals surface area contributed by atoms with Gasteiger partial charge in [0.1, 0.15) is 11.5 Å². The van der Waals surface area contributed by atoms with Gasteiger partial charge in [0, 0.05) is 18.5 Å². The summed E-state index contributed by atoms with van der Waals surface area (Å²) in [6.07, 6.45) is -3.42. The lowest BCUT2D eigenvalue weighted by atomic mass is 10.0. The lowest BCUT2D eigenvalue weighted by Gasteiger charge is -2.12. The maximum absolute atomic E-state index is 12.8. The van der Waals surface area contributed by atoms with Crippen molar-refractivity contribution in [1.82, 2.24) is 5.32 Å². The summed E-state index contributed by atoms with van der Waals surface area (Å²) in [7, 11) is 0. The van der Waals surface area contributed by atoms with E-state index in [0.29, 0.717) is 30.9 Å². The molecule has 0 saturated heterocycles. The van der Waals surface area contributed by atoms with Crippen molar-refractivity contribution < 1.29 is 32.6 Å². The molecule has 0 aromatic heterocycles. The molecule has 1 amide bonds. The Morgan fingerprint density at radius 3 is 2.31 bits per heavy atom. The van der Waals surface area contributed by atoms with Gasteiger partial charge in [-0.1, -0.05) is 18.2 Å². The number of hydrogen-bond donors (Lipinski definition) is 2. The third kappa shape index (κ3) is 7.34. The summed E-state index contributed by atoms with van der Waals surface area (Å²) in [5, 5.41) is 11.6. The normalized spacial score (nSPS) is 11.2. The number of amides is 1. The molecule has 0 aliphatic carbocycles. The van der Waals surface area contributed by atoms with Crippen LogP contribution in [0.2, 0.25) is 0 Å². The van der Waals surface area contributed by atoms with Gasteiger partial charge in [0.05, 0.1) is 5.56 Å². The first-order chi connectivity index (χ1) is 16.5. The van der Waals surface area contributed by atoms with Crippen LogP contribution in [0.25, 0.3) is 0 Å². The van der Waals surface area contributed by atoms with Crippen LogP contribution >= 0.6 is 0 Å². The number of hydrogen-bond acceptors (Lipinski definition) is 3. The van der Waals surface area contributed by atoms with Crippen LogP contribution in [0.1, 0.15) is 44.6 Å². The monoisotopic (exact) mass is 485 g/mol. The van der Waals surface area contributed by atoms with E-state index in [-0.39, 0.29) is 17.5 Å². The molecule has 0 unspecified atom stereocenters. The number of halogens is 3. The van der Waals surface area contributed by atoms with Crippen LogP contribution in [0, 0.1) is 13.8 Å². The molecule has 0 aliphatic rings. The molecular formula is C27H26F3NO4. The highest BCUT2D eigenvalue weighted by atomic mass is 19.4. The number of alkyl halides is 3. The summed E-state index contributed by atoms with van der Waals surface area (Å²) in [5.41, 5.74) is 2.50. The van der Waals surface area contributed by atoms with Crippen LogP contribution in [0.5, 0.6) is 11.5 Å². The molecule has 3 aromatic rings. The Hall–Kier alpha value is -3.81. The number of ether oxygens (including phenoxy) is 1. The van der Waals surface area contributed by atoms with Crippen molar-refractivity contribution in [3.63, 3.8) is 0 Å². The third-order valence-corrected chi connectivity index (χ3v) is 5.55. The molecule has 0 heterocycles. The Bertz CT molecular complexity index is 1220. The lowest BCUT2D eigenvalue weighted by Crippen LogP contribution is -2.26. The van der Waals surface area contributed by atoms with E-state index in [1.807, 2.05) is 37.3 Å². The largest absolute Gasteiger partial charge is 0.481 e. The van der Waals surface area contributed by atoms with E-state index in [1.54, 1.807) is 12.1 Å². The second kappa shape index (κ2) is 11.1. The molecule has 0 spiro atoms. The zero-order valence-electron chi connectivity index (χ0n) is 19.4. The van der Waals surface area contributed by atoms with E-state index < -0.39 is 23.6 Å². The second-order valence-corrected chi connectivity index (χ2v) is 8.26. The summed E-state index contributed by atoms with van der Waals surface area (Å²) in [6, 6.07) is 16.0. The van der Waals surface area contributed by atoms with E-state index >= 15 is 0 Å². The van der Waals surface area contributed by atoms with Crippen LogP contribution in [0.15, 0.2) is 60.7 Å². The highest BCUT2D eigenvalue weighted by molar-refractivity contribution is 5.95. The molecule has 35 heavy (non-hydrogen) atoms. The minimum atomic E-state index is -4.45. The van der Waals surface area contributed by atoms with E-state index in [4.69, 9.17) is 9.84 Å². The molecule has 5 nitrogen and oxygen atoms in total. The molecular weight excluding hydrogens is 459 g/mol. The van der Waals surface area contributed by atoms with Gasteiger partial charge in [0.15, 0.2) is 0 Å². The molecule has 0 saturated carbocycles. The van der Waals surface area contributed by atoms with Crippen LogP contribution in [0.3, 0.4) is 0 Å². The molecule has 0 fully saturated rings. The first-order valence-electron chi connectivity index (χ1n) is 11.1. The molecule has 2 N–H and O–H groups in total. The second-order valence-electron chi connectivity index (χ2n) is 8.26. The quantitative estimate of drug-likeness (QED) is 0.384. The lowest BCUT2D eigenvalue weighted by molar-refractivity contribution is -0.138. The van der Waals surface area contributed by atoms with Gasteiger partial charge >= 0.3 is 12.1 Å². The van der Waals surface area contributed by atoms with Crippen molar-refractivity contribution in [1.29, 1.82) is 0 Å². The fourth-order valence-corrected chi connectivity index (χ4v) is 3.66. The average molecular weight is 486 g/mol. The first-order valence-corrected chi connectivity index (χ1v) is 11.1. The Balaban J connectivity index is 1.57. The van der Waals surface area contributed by atoms with Crippen LogP contribution in [0.4, 0.5) is 13.2 Å². The van der Waals surface area contributed by atoms with Crippen molar-refractivity contribution in [3.05, 3.63) is 94.0 Å². The van der Waals surface area contributed by atoms with Gasteiger partial charge in [-0.3, -0.25) is 9.59 Å². The minimum absolute atomic E-state index is 0.0675. The maximum Gasteiger partial charge on any atom is 0.416 e. The minimum Gasteiger partial charge on any atom is -0.481 e. The summed E-state index contributed by atoms with van der Waals surface area (Å²) in [6.45, 7) is 3.69. The highest BCUT2D eigenvalue weighted by Crippen LogP contribution is 2.30. The Morgan fingerprint density at radius 2 is 1.66 bits per heavy atom. The number of aliphatic carboxylic acids is 1. The number of carbonyl (C=O) groups is 2. The number of aryl methyl sites for hydroxylation is 3. The molecule has 0 aliphatic heterocycles. The van der Waals surface area contributed by atoms with Crippen LogP contribution in [-0.4, -0.2) is 23.5 Å². The number of carboxylic acids is 1. The Labute approximate surface area is 201 Å². The van der Waals surface area contributed by atoms with Crippen molar-refractivity contribution >= 4 is 11.9 Å². The van der Waals surface area contributed by atoms with Gasteiger partial charge in [-0.05, 0) is 91.4 Å². The standard InChI is InChI=1S/C27H26F3NO4/c1-17-15-23(9-6-20(17)7-11-25(32)33)35-22-5-3-4-19(16-22)12-13-31-26(34)24-10-8-21(14-18(24)2)27(28,29)30/h3-6,8-10,14-16H,7,11-13H2,1-2H3,(H,31,34)(H,32,33). The summed E-state index contributed by atoms with van der Waals surface area (Å²) < 4.78 is 44.4. The molecule has 3 rings (SSSR count). The van der Waals surface area contributed by atoms with Gasteiger partial charge < -0.3 is 15.2 Å². The number of carboxylic acid groups (broad SMARTS) is 1. The third-order valence-electron chi connectivity index (χ3n) is 5.55. The van der Waals surface area contributed by atoms with Gasteiger partial charge in [-0.25, -0.2) is 0 Å². The van der Waals surface area contributed by atoms with E-state index in [9.17, 15) is 22.8 Å². The topological polar surface area (TPSA) is 75.6 Å².